The molecule has 160 valence electrons. The van der Waals surface area contributed by atoms with Gasteiger partial charge in [0.05, 0.1) is 0 Å². The zero-order valence-corrected chi connectivity index (χ0v) is 16.1. The lowest BCUT2D eigenvalue weighted by atomic mass is 10.3. The zero-order chi connectivity index (χ0) is 21.3. The molecule has 0 atom stereocenters. The molecule has 11 heteroatoms. The van der Waals surface area contributed by atoms with Gasteiger partial charge in [-0.3, -0.25) is 4.79 Å². The number of alkyl halides is 2. The van der Waals surface area contributed by atoms with Gasteiger partial charge in [0.2, 0.25) is 11.9 Å². The molecule has 3 amide bonds. The number of rotatable bonds is 7. The monoisotopic (exact) mass is 420 g/mol. The number of nitrogens with one attached hydrogen (secondary N) is 2. The molecule has 1 aliphatic heterocycles. The summed E-state index contributed by atoms with van der Waals surface area (Å²) in [5, 5.41) is 5.09. The number of anilines is 2. The highest BCUT2D eigenvalue weighted by Crippen LogP contribution is 2.19. The maximum absolute atomic E-state index is 12.3. The average Bonchev–Trinajstić information content (AvgIpc) is 2.74. The Morgan fingerprint density at radius 1 is 1.10 bits per heavy atom. The predicted octanol–water partition coefficient (Wildman–Crippen LogP) is 1.94. The number of urea groups is 1. The number of carbonyl (C=O) groups excluding carboxylic acids is 2. The third-order valence-electron chi connectivity index (χ3n) is 4.41. The van der Waals surface area contributed by atoms with Crippen LogP contribution in [-0.2, 0) is 4.79 Å². The van der Waals surface area contributed by atoms with Gasteiger partial charge in [-0.15, -0.1) is 0 Å². The Hall–Kier alpha value is -3.50. The van der Waals surface area contributed by atoms with Crippen molar-refractivity contribution >= 4 is 23.6 Å². The topological polar surface area (TPSA) is 99.7 Å². The lowest BCUT2D eigenvalue weighted by Gasteiger charge is -2.34. The van der Waals surface area contributed by atoms with Gasteiger partial charge in [0.1, 0.15) is 5.75 Å². The molecule has 0 radical (unpaired) electrons. The van der Waals surface area contributed by atoms with Crippen LogP contribution in [0, 0.1) is 0 Å². The van der Waals surface area contributed by atoms with E-state index in [-0.39, 0.29) is 24.6 Å². The molecule has 1 aliphatic rings. The van der Waals surface area contributed by atoms with E-state index >= 15 is 0 Å². The molecule has 1 fully saturated rings. The van der Waals surface area contributed by atoms with Gasteiger partial charge in [-0.25, -0.2) is 14.8 Å². The molecule has 0 aliphatic carbocycles. The van der Waals surface area contributed by atoms with Crippen LogP contribution in [0.15, 0.2) is 42.7 Å². The highest BCUT2D eigenvalue weighted by atomic mass is 19.3. The zero-order valence-electron chi connectivity index (χ0n) is 16.1. The van der Waals surface area contributed by atoms with Crippen LogP contribution in [0.2, 0.25) is 0 Å². The van der Waals surface area contributed by atoms with Crippen molar-refractivity contribution in [3.05, 3.63) is 42.7 Å². The first kappa shape index (κ1) is 21.2. The van der Waals surface area contributed by atoms with E-state index in [4.69, 9.17) is 0 Å². The van der Waals surface area contributed by atoms with Crippen LogP contribution in [0.4, 0.5) is 25.2 Å². The molecule has 2 aromatic rings. The minimum absolute atomic E-state index is 0.0574. The fourth-order valence-corrected chi connectivity index (χ4v) is 2.98. The van der Waals surface area contributed by atoms with E-state index in [1.807, 2.05) is 4.90 Å². The summed E-state index contributed by atoms with van der Waals surface area (Å²) in [6, 6.07) is 6.88. The molecule has 0 bridgehead atoms. The Morgan fingerprint density at radius 2 is 1.83 bits per heavy atom. The van der Waals surface area contributed by atoms with Crippen LogP contribution < -0.4 is 20.3 Å². The van der Waals surface area contributed by atoms with Gasteiger partial charge in [-0.05, 0) is 18.2 Å². The van der Waals surface area contributed by atoms with Crippen molar-refractivity contribution in [3.8, 4) is 5.75 Å². The highest BCUT2D eigenvalue weighted by molar-refractivity contribution is 5.89. The number of hydrogen-bond donors (Lipinski definition) is 2. The fourth-order valence-electron chi connectivity index (χ4n) is 2.98. The molecule has 0 spiro atoms. The molecule has 2 N–H and O–H groups in total. The molecular formula is C19H22F2N6O3. The predicted molar refractivity (Wildman–Crippen MR) is 106 cm³/mol. The van der Waals surface area contributed by atoms with E-state index in [0.29, 0.717) is 37.8 Å². The van der Waals surface area contributed by atoms with Gasteiger partial charge in [0.25, 0.3) is 0 Å². The second-order valence-electron chi connectivity index (χ2n) is 6.45. The van der Waals surface area contributed by atoms with Crippen LogP contribution in [0.3, 0.4) is 0 Å². The summed E-state index contributed by atoms with van der Waals surface area (Å²) >= 11 is 0. The molecule has 3 rings (SSSR count). The van der Waals surface area contributed by atoms with E-state index in [0.717, 1.165) is 0 Å². The number of piperazine rings is 1. The number of nitrogens with zero attached hydrogens (tertiary/aromatic N) is 4. The summed E-state index contributed by atoms with van der Waals surface area (Å²) in [5.74, 6) is 0.528. The largest absolute Gasteiger partial charge is 0.435 e. The number of hydrogen-bond acceptors (Lipinski definition) is 6. The number of carbonyl (C=O) groups is 2. The van der Waals surface area contributed by atoms with Gasteiger partial charge in [0.15, 0.2) is 0 Å². The van der Waals surface area contributed by atoms with E-state index in [9.17, 15) is 18.4 Å². The molecule has 30 heavy (non-hydrogen) atoms. The molecular weight excluding hydrogens is 398 g/mol. The Bertz CT molecular complexity index is 847. The SMILES string of the molecule is O=C(NCCC(=O)N1CCN(c2ncccn2)CC1)Nc1cccc(OC(F)F)c1. The quantitative estimate of drug-likeness (QED) is 0.710. The van der Waals surface area contributed by atoms with E-state index in [1.54, 1.807) is 29.4 Å². The minimum atomic E-state index is -2.94. The Morgan fingerprint density at radius 3 is 2.53 bits per heavy atom. The molecule has 0 unspecified atom stereocenters. The minimum Gasteiger partial charge on any atom is -0.435 e. The number of aromatic nitrogens is 2. The van der Waals surface area contributed by atoms with E-state index < -0.39 is 12.6 Å². The van der Waals surface area contributed by atoms with Crippen molar-refractivity contribution in [1.29, 1.82) is 0 Å². The molecule has 9 nitrogen and oxygen atoms in total. The van der Waals surface area contributed by atoms with Crippen molar-refractivity contribution in [1.82, 2.24) is 20.2 Å². The number of halogens is 2. The fraction of sp³-hybridized carbons (Fsp3) is 0.368. The first-order chi connectivity index (χ1) is 14.5. The van der Waals surface area contributed by atoms with Crippen LogP contribution in [0.25, 0.3) is 0 Å². The third-order valence-corrected chi connectivity index (χ3v) is 4.41. The molecule has 2 heterocycles. The van der Waals surface area contributed by atoms with Crippen molar-refractivity contribution in [2.24, 2.45) is 0 Å². The van der Waals surface area contributed by atoms with Crippen LogP contribution >= 0.6 is 0 Å². The van der Waals surface area contributed by atoms with Gasteiger partial charge < -0.3 is 25.2 Å². The number of amides is 3. The second-order valence-corrected chi connectivity index (χ2v) is 6.45. The molecule has 0 saturated carbocycles. The summed E-state index contributed by atoms with van der Waals surface area (Å²) < 4.78 is 28.8. The van der Waals surface area contributed by atoms with Gasteiger partial charge >= 0.3 is 12.6 Å². The summed E-state index contributed by atoms with van der Waals surface area (Å²) in [6.07, 6.45) is 3.52. The maximum Gasteiger partial charge on any atom is 0.387 e. The van der Waals surface area contributed by atoms with Crippen molar-refractivity contribution in [2.45, 2.75) is 13.0 Å². The summed E-state index contributed by atoms with van der Waals surface area (Å²) in [5.41, 5.74) is 0.302. The van der Waals surface area contributed by atoms with E-state index in [2.05, 4.69) is 25.3 Å². The lowest BCUT2D eigenvalue weighted by Crippen LogP contribution is -2.49. The van der Waals surface area contributed by atoms with E-state index in [1.165, 1.54) is 18.2 Å². The summed E-state index contributed by atoms with van der Waals surface area (Å²) in [4.78, 5) is 36.5. The van der Waals surface area contributed by atoms with Gasteiger partial charge in [0, 0.05) is 63.3 Å². The van der Waals surface area contributed by atoms with Crippen LogP contribution in [0.1, 0.15) is 6.42 Å². The second kappa shape index (κ2) is 10.3. The lowest BCUT2D eigenvalue weighted by molar-refractivity contribution is -0.131. The maximum atomic E-state index is 12.3. The average molecular weight is 420 g/mol. The molecule has 1 aromatic heterocycles. The summed E-state index contributed by atoms with van der Waals surface area (Å²) in [6.45, 7) is -0.399. The van der Waals surface area contributed by atoms with Gasteiger partial charge in [-0.1, -0.05) is 6.07 Å². The third kappa shape index (κ3) is 6.26. The molecule has 1 saturated heterocycles. The Kier molecular flexibility index (Phi) is 7.30. The van der Waals surface area contributed by atoms with Crippen LogP contribution in [0.5, 0.6) is 5.75 Å². The summed E-state index contributed by atoms with van der Waals surface area (Å²) in [7, 11) is 0. The Balaban J connectivity index is 1.37. The van der Waals surface area contributed by atoms with Crippen molar-refractivity contribution < 1.29 is 23.1 Å². The first-order valence-corrected chi connectivity index (χ1v) is 9.41. The van der Waals surface area contributed by atoms with Crippen molar-refractivity contribution in [2.75, 3.05) is 42.9 Å². The number of benzene rings is 1. The first-order valence-electron chi connectivity index (χ1n) is 9.41. The smallest absolute Gasteiger partial charge is 0.387 e. The normalized spacial score (nSPS) is 13.8. The standard InChI is InChI=1S/C19H22F2N6O3/c20-17(21)30-15-4-1-3-14(13-15)25-19(29)24-8-5-16(28)26-9-11-27(12-10-26)18-22-6-2-7-23-18/h1-4,6-7,13,17H,5,8-12H2,(H2,24,25,29). The van der Waals surface area contributed by atoms with Crippen molar-refractivity contribution in [3.63, 3.8) is 0 Å². The van der Waals surface area contributed by atoms with Gasteiger partial charge in [-0.2, -0.15) is 8.78 Å². The van der Waals surface area contributed by atoms with Crippen LogP contribution in [-0.4, -0.2) is 66.1 Å². The molecule has 1 aromatic carbocycles. The Labute approximate surface area is 172 Å². The number of ether oxygens (including phenoxy) is 1. The highest BCUT2D eigenvalue weighted by Gasteiger charge is 2.22.